The van der Waals surface area contributed by atoms with Crippen LogP contribution in [0.3, 0.4) is 0 Å². The lowest BCUT2D eigenvalue weighted by Gasteiger charge is -2.32. The normalized spacial score (nSPS) is 17.2. The lowest BCUT2D eigenvalue weighted by atomic mass is 9.97. The molecule has 3 rings (SSSR count). The summed E-state index contributed by atoms with van der Waals surface area (Å²) in [5.41, 5.74) is 2.19. The molecule has 1 aliphatic rings. The van der Waals surface area contributed by atoms with Crippen molar-refractivity contribution < 1.29 is 0 Å². The van der Waals surface area contributed by atoms with Gasteiger partial charge in [-0.3, -0.25) is 0 Å². The van der Waals surface area contributed by atoms with Gasteiger partial charge in [-0.05, 0) is 37.4 Å². The fourth-order valence-electron chi connectivity index (χ4n) is 2.84. The van der Waals surface area contributed by atoms with Gasteiger partial charge in [0.25, 0.3) is 0 Å². The zero-order valence-corrected chi connectivity index (χ0v) is 12.4. The van der Waals surface area contributed by atoms with Crippen molar-refractivity contribution in [3.05, 3.63) is 24.3 Å². The summed E-state index contributed by atoms with van der Waals surface area (Å²) in [5.74, 6) is 1.83. The maximum absolute atomic E-state index is 4.69. The third-order valence-corrected chi connectivity index (χ3v) is 4.11. The summed E-state index contributed by atoms with van der Waals surface area (Å²) in [4.78, 5) is 10.5. The zero-order chi connectivity index (χ0) is 13.9. The minimum atomic E-state index is 0.586. The molecule has 4 heteroatoms. The molecule has 2 N–H and O–H groups in total. The highest BCUT2D eigenvalue weighted by Crippen LogP contribution is 2.23. The van der Waals surface area contributed by atoms with Crippen LogP contribution in [-0.2, 0) is 0 Å². The van der Waals surface area contributed by atoms with E-state index >= 15 is 0 Å². The summed E-state index contributed by atoms with van der Waals surface area (Å²) in [6.45, 7) is 7.77. The molecule has 0 aliphatic carbocycles. The largest absolute Gasteiger partial charge is 0.342 e. The molecular weight excluding hydrogens is 248 g/mol. The van der Waals surface area contributed by atoms with Gasteiger partial charge in [0.1, 0.15) is 0 Å². The van der Waals surface area contributed by atoms with Gasteiger partial charge in [0.15, 0.2) is 0 Å². The highest BCUT2D eigenvalue weighted by atomic mass is 15.3. The number of anilines is 1. The van der Waals surface area contributed by atoms with Gasteiger partial charge in [0.05, 0.1) is 11.0 Å². The van der Waals surface area contributed by atoms with Crippen molar-refractivity contribution in [1.29, 1.82) is 0 Å². The molecule has 20 heavy (non-hydrogen) atoms. The molecule has 2 aromatic rings. The minimum absolute atomic E-state index is 0.586. The van der Waals surface area contributed by atoms with Crippen molar-refractivity contribution in [3.63, 3.8) is 0 Å². The SMILES string of the molecule is CC(C)NCC1CCN(c2nc3ccccc3[nH]2)CC1. The first-order chi connectivity index (χ1) is 9.72. The Bertz CT molecular complexity index is 519. The molecule has 0 radical (unpaired) electrons. The van der Waals surface area contributed by atoms with Crippen molar-refractivity contribution in [2.75, 3.05) is 24.5 Å². The van der Waals surface area contributed by atoms with Crippen LogP contribution >= 0.6 is 0 Å². The minimum Gasteiger partial charge on any atom is -0.342 e. The van der Waals surface area contributed by atoms with Gasteiger partial charge in [0.2, 0.25) is 5.95 Å². The van der Waals surface area contributed by atoms with Gasteiger partial charge >= 0.3 is 0 Å². The molecule has 1 aromatic carbocycles. The van der Waals surface area contributed by atoms with E-state index in [2.05, 4.69) is 41.2 Å². The molecule has 108 valence electrons. The first kappa shape index (κ1) is 13.4. The van der Waals surface area contributed by atoms with Crippen LogP contribution in [-0.4, -0.2) is 35.6 Å². The van der Waals surface area contributed by atoms with Crippen molar-refractivity contribution in [2.45, 2.75) is 32.7 Å². The Balaban J connectivity index is 1.60. The molecule has 0 saturated carbocycles. The third kappa shape index (κ3) is 2.96. The van der Waals surface area contributed by atoms with E-state index in [1.807, 2.05) is 12.1 Å². The van der Waals surface area contributed by atoms with Crippen LogP contribution in [0.4, 0.5) is 5.95 Å². The Morgan fingerprint density at radius 2 is 2.05 bits per heavy atom. The standard InChI is InChI=1S/C16H24N4/c1-12(2)17-11-13-7-9-20(10-8-13)16-18-14-5-3-4-6-15(14)19-16/h3-6,12-13,17H,7-11H2,1-2H3,(H,18,19). The number of aromatic nitrogens is 2. The highest BCUT2D eigenvalue weighted by molar-refractivity contribution is 5.77. The van der Waals surface area contributed by atoms with E-state index in [0.717, 1.165) is 42.5 Å². The summed E-state index contributed by atoms with van der Waals surface area (Å²) in [5, 5.41) is 3.55. The van der Waals surface area contributed by atoms with Crippen molar-refractivity contribution in [1.82, 2.24) is 15.3 Å². The van der Waals surface area contributed by atoms with E-state index in [4.69, 9.17) is 4.98 Å². The third-order valence-electron chi connectivity index (χ3n) is 4.11. The van der Waals surface area contributed by atoms with E-state index in [-0.39, 0.29) is 0 Å². The maximum Gasteiger partial charge on any atom is 0.203 e. The molecule has 1 aromatic heterocycles. The summed E-state index contributed by atoms with van der Waals surface area (Å²) >= 11 is 0. The fraction of sp³-hybridized carbons (Fsp3) is 0.562. The Kier molecular flexibility index (Phi) is 3.92. The summed E-state index contributed by atoms with van der Waals surface area (Å²) in [6, 6.07) is 8.83. The van der Waals surface area contributed by atoms with Gasteiger partial charge in [-0.25, -0.2) is 4.98 Å². The number of nitrogens with zero attached hydrogens (tertiary/aromatic N) is 2. The van der Waals surface area contributed by atoms with E-state index in [1.165, 1.54) is 12.8 Å². The molecule has 1 fully saturated rings. The Morgan fingerprint density at radius 1 is 1.30 bits per heavy atom. The number of aromatic amines is 1. The van der Waals surface area contributed by atoms with E-state index in [9.17, 15) is 0 Å². The summed E-state index contributed by atoms with van der Waals surface area (Å²) < 4.78 is 0. The molecule has 4 nitrogen and oxygen atoms in total. The number of piperidine rings is 1. The maximum atomic E-state index is 4.69. The first-order valence-corrected chi connectivity index (χ1v) is 7.65. The number of hydrogen-bond acceptors (Lipinski definition) is 3. The van der Waals surface area contributed by atoms with Crippen LogP contribution in [0.5, 0.6) is 0 Å². The number of imidazole rings is 1. The molecular formula is C16H24N4. The lowest BCUT2D eigenvalue weighted by molar-refractivity contribution is 0.369. The summed E-state index contributed by atoms with van der Waals surface area (Å²) in [7, 11) is 0. The Morgan fingerprint density at radius 3 is 2.75 bits per heavy atom. The van der Waals surface area contributed by atoms with Gasteiger partial charge in [0, 0.05) is 19.1 Å². The molecule has 1 aliphatic heterocycles. The van der Waals surface area contributed by atoms with Crippen LogP contribution in [0.2, 0.25) is 0 Å². The van der Waals surface area contributed by atoms with Crippen LogP contribution in [0.1, 0.15) is 26.7 Å². The number of hydrogen-bond donors (Lipinski definition) is 2. The molecule has 1 saturated heterocycles. The zero-order valence-electron chi connectivity index (χ0n) is 12.4. The van der Waals surface area contributed by atoms with Crippen LogP contribution in [0, 0.1) is 5.92 Å². The number of H-pyrrole nitrogens is 1. The Hall–Kier alpha value is -1.55. The fourth-order valence-corrected chi connectivity index (χ4v) is 2.84. The molecule has 0 atom stereocenters. The number of fused-ring (bicyclic) bond motifs is 1. The molecule has 0 unspecified atom stereocenters. The average Bonchev–Trinajstić information content (AvgIpc) is 2.89. The molecule has 0 spiro atoms. The van der Waals surface area contributed by atoms with E-state index in [1.54, 1.807) is 0 Å². The van der Waals surface area contributed by atoms with Gasteiger partial charge in [-0.15, -0.1) is 0 Å². The summed E-state index contributed by atoms with van der Waals surface area (Å²) in [6.07, 6.45) is 2.49. The Labute approximate surface area is 120 Å². The topological polar surface area (TPSA) is 44.0 Å². The van der Waals surface area contributed by atoms with Crippen molar-refractivity contribution >= 4 is 17.0 Å². The predicted octanol–water partition coefficient (Wildman–Crippen LogP) is 2.78. The second kappa shape index (κ2) is 5.83. The van der Waals surface area contributed by atoms with Gasteiger partial charge in [-0.1, -0.05) is 26.0 Å². The highest BCUT2D eigenvalue weighted by Gasteiger charge is 2.21. The van der Waals surface area contributed by atoms with Crippen LogP contribution in [0.25, 0.3) is 11.0 Å². The number of rotatable bonds is 4. The van der Waals surface area contributed by atoms with Gasteiger partial charge < -0.3 is 15.2 Å². The molecule has 0 amide bonds. The van der Waals surface area contributed by atoms with Crippen LogP contribution < -0.4 is 10.2 Å². The van der Waals surface area contributed by atoms with E-state index < -0.39 is 0 Å². The molecule has 0 bridgehead atoms. The van der Waals surface area contributed by atoms with Crippen LogP contribution in [0.15, 0.2) is 24.3 Å². The second-order valence-electron chi connectivity index (χ2n) is 6.07. The van der Waals surface area contributed by atoms with E-state index in [0.29, 0.717) is 6.04 Å². The van der Waals surface area contributed by atoms with Crippen molar-refractivity contribution in [2.24, 2.45) is 5.92 Å². The monoisotopic (exact) mass is 272 g/mol. The second-order valence-corrected chi connectivity index (χ2v) is 6.07. The number of nitrogens with one attached hydrogen (secondary N) is 2. The van der Waals surface area contributed by atoms with Crippen molar-refractivity contribution in [3.8, 4) is 0 Å². The van der Waals surface area contributed by atoms with Gasteiger partial charge in [-0.2, -0.15) is 0 Å². The average molecular weight is 272 g/mol. The first-order valence-electron chi connectivity index (χ1n) is 7.65. The quantitative estimate of drug-likeness (QED) is 0.899. The number of benzene rings is 1. The lowest BCUT2D eigenvalue weighted by Crippen LogP contribution is -2.39. The predicted molar refractivity (Wildman–Crippen MR) is 84.2 cm³/mol. The number of para-hydroxylation sites is 2. The molecule has 2 heterocycles. The smallest absolute Gasteiger partial charge is 0.203 e.